The molecule has 1 atom stereocenters. The van der Waals surface area contributed by atoms with E-state index < -0.39 is 7.60 Å². The van der Waals surface area contributed by atoms with Gasteiger partial charge in [-0.15, -0.1) is 0 Å². The Kier molecular flexibility index (Phi) is 8.49. The molecule has 86 valence electrons. The summed E-state index contributed by atoms with van der Waals surface area (Å²) in [7, 11) is 0.296. The van der Waals surface area contributed by atoms with E-state index >= 15 is 0 Å². The smallest absolute Gasteiger partial charge is 0.184 e. The highest BCUT2D eigenvalue weighted by Gasteiger charge is 2.04. The zero-order valence-corrected chi connectivity index (χ0v) is 10.0. The second kappa shape index (κ2) is 8.42. The van der Waals surface area contributed by atoms with Gasteiger partial charge in [-0.05, 0) is 26.4 Å². The maximum atomic E-state index is 11.2. The molecule has 0 radical (unpaired) electrons. The van der Waals surface area contributed by atoms with Crippen LogP contribution in [0, 0.1) is 6.66 Å². The first kappa shape index (κ1) is 14.1. The highest BCUT2D eigenvalue weighted by Crippen LogP contribution is 2.45. The van der Waals surface area contributed by atoms with Gasteiger partial charge in [0.05, 0.1) is 6.61 Å². The van der Waals surface area contributed by atoms with E-state index in [1.54, 1.807) is 0 Å². The number of nitrogens with one attached hydrogen (secondary N) is 1. The largest absolute Gasteiger partial charge is 0.335 e. The van der Waals surface area contributed by atoms with Crippen LogP contribution < -0.4 is 5.32 Å². The first-order chi connectivity index (χ1) is 6.62. The SMILES string of the molecule is [CH2-]P(=O)(OC)OCCCCCCNC. The van der Waals surface area contributed by atoms with E-state index in [1.165, 1.54) is 20.0 Å². The molecule has 5 heteroatoms. The lowest BCUT2D eigenvalue weighted by atomic mass is 10.2. The number of hydrogen-bond donors (Lipinski definition) is 1. The Bertz CT molecular complexity index is 175. The van der Waals surface area contributed by atoms with Crippen molar-refractivity contribution >= 4 is 7.60 Å². The van der Waals surface area contributed by atoms with E-state index in [4.69, 9.17) is 4.52 Å². The molecule has 1 unspecified atom stereocenters. The molecule has 0 aromatic heterocycles. The van der Waals surface area contributed by atoms with Gasteiger partial charge in [0.15, 0.2) is 7.60 Å². The molecule has 0 aliphatic carbocycles. The molecule has 1 N–H and O–H groups in total. The third-order valence-corrected chi connectivity index (χ3v) is 3.02. The van der Waals surface area contributed by atoms with E-state index in [-0.39, 0.29) is 0 Å². The standard InChI is InChI=1S/C9H21NO3P/c1-10-8-6-4-5-7-9-13-14(3,11)12-2/h10H,3-9H2,1-2H3/q-1. The Morgan fingerprint density at radius 3 is 2.50 bits per heavy atom. The van der Waals surface area contributed by atoms with Gasteiger partial charge in [-0.3, -0.25) is 4.57 Å². The lowest BCUT2D eigenvalue weighted by molar-refractivity contribution is 0.236. The fraction of sp³-hybridized carbons (Fsp3) is 0.889. The molecule has 0 saturated heterocycles. The second-order valence-corrected chi connectivity index (χ2v) is 4.99. The number of hydrogen-bond acceptors (Lipinski definition) is 4. The minimum atomic E-state index is -3.00. The topological polar surface area (TPSA) is 47.6 Å². The first-order valence-corrected chi connectivity index (χ1v) is 6.64. The molecule has 0 saturated carbocycles. The van der Waals surface area contributed by atoms with Crippen LogP contribution in [-0.4, -0.2) is 27.3 Å². The summed E-state index contributed by atoms with van der Waals surface area (Å²) in [5.41, 5.74) is 0. The van der Waals surface area contributed by atoms with Crippen LogP contribution in [0.3, 0.4) is 0 Å². The van der Waals surface area contributed by atoms with Crippen molar-refractivity contribution in [1.82, 2.24) is 5.32 Å². The number of unbranched alkanes of at least 4 members (excludes halogenated alkanes) is 3. The highest BCUT2D eigenvalue weighted by molar-refractivity contribution is 7.55. The Labute approximate surface area is 86.9 Å². The molecular weight excluding hydrogens is 201 g/mol. The Hall–Kier alpha value is 0.110. The van der Waals surface area contributed by atoms with Crippen molar-refractivity contribution in [2.45, 2.75) is 25.7 Å². The Balaban J connectivity index is 3.17. The third-order valence-electron chi connectivity index (χ3n) is 1.89. The maximum absolute atomic E-state index is 11.2. The Morgan fingerprint density at radius 2 is 1.93 bits per heavy atom. The lowest BCUT2D eigenvalue weighted by Gasteiger charge is -2.17. The van der Waals surface area contributed by atoms with E-state index in [0.29, 0.717) is 6.61 Å². The van der Waals surface area contributed by atoms with Gasteiger partial charge >= 0.3 is 0 Å². The van der Waals surface area contributed by atoms with Gasteiger partial charge in [0.1, 0.15) is 0 Å². The third kappa shape index (κ3) is 8.70. The quantitative estimate of drug-likeness (QED) is 0.370. The van der Waals surface area contributed by atoms with E-state index in [2.05, 4.69) is 16.5 Å². The summed E-state index contributed by atoms with van der Waals surface area (Å²) in [5.74, 6) is 0. The fourth-order valence-corrected chi connectivity index (χ4v) is 1.53. The maximum Gasteiger partial charge on any atom is 0.184 e. The predicted molar refractivity (Wildman–Crippen MR) is 58.3 cm³/mol. The van der Waals surface area contributed by atoms with Crippen molar-refractivity contribution < 1.29 is 13.6 Å². The fourth-order valence-electron chi connectivity index (χ4n) is 1.01. The molecule has 14 heavy (non-hydrogen) atoms. The van der Waals surface area contributed by atoms with Crippen LogP contribution in [0.15, 0.2) is 0 Å². The van der Waals surface area contributed by atoms with Crippen molar-refractivity contribution in [2.75, 3.05) is 27.3 Å². The van der Waals surface area contributed by atoms with Crippen LogP contribution in [0.25, 0.3) is 0 Å². The molecule has 0 spiro atoms. The van der Waals surface area contributed by atoms with Crippen LogP contribution in [0.5, 0.6) is 0 Å². The van der Waals surface area contributed by atoms with Gasteiger partial charge < -0.3 is 14.4 Å². The van der Waals surface area contributed by atoms with Crippen LogP contribution in [0.2, 0.25) is 0 Å². The molecule has 0 rings (SSSR count). The first-order valence-electron chi connectivity index (χ1n) is 4.91. The summed E-state index contributed by atoms with van der Waals surface area (Å²) < 4.78 is 20.7. The minimum Gasteiger partial charge on any atom is -0.335 e. The van der Waals surface area contributed by atoms with Crippen molar-refractivity contribution in [1.29, 1.82) is 0 Å². The van der Waals surface area contributed by atoms with Crippen molar-refractivity contribution in [2.24, 2.45) is 0 Å². The van der Waals surface area contributed by atoms with Crippen LogP contribution in [-0.2, 0) is 13.6 Å². The molecule has 0 fully saturated rings. The van der Waals surface area contributed by atoms with Crippen LogP contribution in [0.4, 0.5) is 0 Å². The van der Waals surface area contributed by atoms with Crippen molar-refractivity contribution in [3.63, 3.8) is 0 Å². The lowest BCUT2D eigenvalue weighted by Crippen LogP contribution is -2.07. The zero-order chi connectivity index (χ0) is 10.9. The zero-order valence-electron chi connectivity index (χ0n) is 9.12. The highest BCUT2D eigenvalue weighted by atomic mass is 31.2. The summed E-state index contributed by atoms with van der Waals surface area (Å²) in [6, 6.07) is 0. The molecule has 0 aliphatic rings. The average Bonchev–Trinajstić information content (AvgIpc) is 2.16. The van der Waals surface area contributed by atoms with Gasteiger partial charge in [0.25, 0.3) is 0 Å². The minimum absolute atomic E-state index is 0.466. The molecule has 0 aliphatic heterocycles. The van der Waals surface area contributed by atoms with Crippen molar-refractivity contribution in [3.05, 3.63) is 6.66 Å². The van der Waals surface area contributed by atoms with Gasteiger partial charge in [0, 0.05) is 7.11 Å². The van der Waals surface area contributed by atoms with Crippen LogP contribution in [0.1, 0.15) is 25.7 Å². The van der Waals surface area contributed by atoms with Gasteiger partial charge in [-0.1, -0.05) is 12.8 Å². The van der Waals surface area contributed by atoms with Gasteiger partial charge in [0.2, 0.25) is 0 Å². The summed E-state index contributed by atoms with van der Waals surface area (Å²) in [6.07, 6.45) is 4.33. The van der Waals surface area contributed by atoms with E-state index in [0.717, 1.165) is 19.4 Å². The molecular formula is C9H21NO3P-. The monoisotopic (exact) mass is 222 g/mol. The van der Waals surface area contributed by atoms with Gasteiger partial charge in [-0.2, -0.15) is 0 Å². The summed E-state index contributed by atoms with van der Waals surface area (Å²) in [4.78, 5) is 0. The molecule has 0 aromatic carbocycles. The Morgan fingerprint density at radius 1 is 1.29 bits per heavy atom. The molecule has 0 bridgehead atoms. The van der Waals surface area contributed by atoms with E-state index in [1.807, 2.05) is 7.05 Å². The summed E-state index contributed by atoms with van der Waals surface area (Å²) in [6.45, 7) is 4.85. The molecule has 0 amide bonds. The molecule has 0 aromatic rings. The van der Waals surface area contributed by atoms with Gasteiger partial charge in [-0.25, -0.2) is 6.66 Å². The second-order valence-electron chi connectivity index (χ2n) is 3.14. The number of rotatable bonds is 9. The van der Waals surface area contributed by atoms with E-state index in [9.17, 15) is 4.57 Å². The summed E-state index contributed by atoms with van der Waals surface area (Å²) in [5, 5.41) is 3.09. The normalized spacial score (nSPS) is 15.4. The predicted octanol–water partition coefficient (Wildman–Crippen LogP) is 2.41. The molecule has 0 heterocycles. The van der Waals surface area contributed by atoms with Crippen LogP contribution >= 0.6 is 7.60 Å². The average molecular weight is 222 g/mol. The van der Waals surface area contributed by atoms with Crippen molar-refractivity contribution in [3.8, 4) is 0 Å². The molecule has 4 nitrogen and oxygen atoms in total. The summed E-state index contributed by atoms with van der Waals surface area (Å²) >= 11 is 0.